The number of rotatable bonds is 8. The molecule has 1 atom stereocenters. The molecule has 0 aliphatic carbocycles. The number of fused-ring (bicyclic) bond motifs is 1. The summed E-state index contributed by atoms with van der Waals surface area (Å²) in [5.74, 6) is 4.35. The van der Waals surface area contributed by atoms with E-state index in [1.54, 1.807) is 30.9 Å². The van der Waals surface area contributed by atoms with Gasteiger partial charge >= 0.3 is 12.1 Å². The molecule has 0 saturated carbocycles. The summed E-state index contributed by atoms with van der Waals surface area (Å²) in [5.41, 5.74) is 9.09. The Kier molecular flexibility index (Phi) is 11.7. The molecule has 0 bridgehead atoms. The smallest absolute Gasteiger partial charge is 0.410 e. The Morgan fingerprint density at radius 1 is 1.09 bits per heavy atom. The molecule has 3 N–H and O–H groups in total. The van der Waals surface area contributed by atoms with E-state index in [-0.39, 0.29) is 37.4 Å². The minimum absolute atomic E-state index is 0.0323. The number of aliphatic hydroxyl groups excluding tert-OH is 1. The molecule has 0 aromatic heterocycles. The summed E-state index contributed by atoms with van der Waals surface area (Å²) in [7, 11) is 0. The number of ether oxygens (including phenoxy) is 1. The van der Waals surface area contributed by atoms with E-state index in [2.05, 4.69) is 38.5 Å². The van der Waals surface area contributed by atoms with E-state index in [0.717, 1.165) is 17.7 Å². The van der Waals surface area contributed by atoms with Crippen molar-refractivity contribution in [3.8, 4) is 5.75 Å². The zero-order valence-corrected chi connectivity index (χ0v) is 25.5. The molecule has 234 valence electrons. The number of para-hydroxylation sites is 1. The second-order valence-electron chi connectivity index (χ2n) is 10.8. The second kappa shape index (κ2) is 16.1. The zero-order chi connectivity index (χ0) is 32.2. The van der Waals surface area contributed by atoms with E-state index in [1.807, 2.05) is 29.2 Å². The third kappa shape index (κ3) is 9.18. The molecule has 2 heterocycles. The van der Waals surface area contributed by atoms with E-state index in [1.165, 1.54) is 12.2 Å². The highest BCUT2D eigenvalue weighted by atomic mass is 16.6. The number of likely N-dealkylation sites (tertiary alicyclic amines) is 1. The zero-order valence-electron chi connectivity index (χ0n) is 25.5. The van der Waals surface area contributed by atoms with Gasteiger partial charge in [0.1, 0.15) is 5.75 Å². The highest BCUT2D eigenvalue weighted by Gasteiger charge is 2.33. The first-order valence-corrected chi connectivity index (χ1v) is 14.8. The van der Waals surface area contributed by atoms with Crippen LogP contribution in [0.25, 0.3) is 0 Å². The maximum atomic E-state index is 13.3. The number of phenols is 1. The van der Waals surface area contributed by atoms with Gasteiger partial charge in [-0.2, -0.15) is 4.99 Å². The molecule has 4 amide bonds. The molecule has 2 aromatic rings. The SMILES string of the molecule is Cc1cc(C[C@@H](OC(=O)N2CCC(N3CCc4ccccc4NC3=O)CC2)C(=O)N=C=C=CC=C=C=NCCO)cc(C)c1O. The summed E-state index contributed by atoms with van der Waals surface area (Å²) in [5, 5.41) is 21.9. The molecule has 4 rings (SSSR count). The summed E-state index contributed by atoms with van der Waals surface area (Å²) in [4.78, 5) is 50.2. The number of aliphatic imine (C=N–C) groups is 2. The molecule has 1 saturated heterocycles. The van der Waals surface area contributed by atoms with E-state index in [0.29, 0.717) is 49.2 Å². The first-order chi connectivity index (χ1) is 21.8. The second-order valence-corrected chi connectivity index (χ2v) is 10.8. The number of urea groups is 1. The lowest BCUT2D eigenvalue weighted by atomic mass is 10.0. The molecule has 45 heavy (non-hydrogen) atoms. The number of hydrogen-bond donors (Lipinski definition) is 3. The van der Waals surface area contributed by atoms with Gasteiger partial charge < -0.3 is 30.1 Å². The molecular weight excluding hydrogens is 574 g/mol. The highest BCUT2D eigenvalue weighted by molar-refractivity contribution is 5.91. The van der Waals surface area contributed by atoms with Crippen LogP contribution in [-0.2, 0) is 22.4 Å². The lowest BCUT2D eigenvalue weighted by Crippen LogP contribution is -2.50. The van der Waals surface area contributed by atoms with Crippen molar-refractivity contribution in [1.29, 1.82) is 0 Å². The predicted octanol–water partition coefficient (Wildman–Crippen LogP) is 3.89. The van der Waals surface area contributed by atoms with Crippen LogP contribution < -0.4 is 5.32 Å². The normalized spacial score (nSPS) is 15.0. The Hall–Kier alpha value is -5.13. The molecule has 11 heteroatoms. The fourth-order valence-electron chi connectivity index (χ4n) is 5.32. The number of benzene rings is 2. The number of carbonyl (C=O) groups excluding carboxylic acids is 3. The van der Waals surface area contributed by atoms with E-state index >= 15 is 0 Å². The van der Waals surface area contributed by atoms with Crippen molar-refractivity contribution in [2.24, 2.45) is 9.98 Å². The standard InChI is InChI=1S/C34H37N5O6/c1-24-21-26(22-25(2)31(24)41)23-30(32(42)36-15-8-4-3-7-14-35-16-20-40)45-34(44)38-17-12-28(13-18-38)39-19-11-27-9-5-6-10-29(27)37-33(39)43/h3-6,9-10,21-22,28,30,40-41H,11-13,16-20,23H2,1-2H3,(H,37,43)/t30-/m1/s1. The van der Waals surface area contributed by atoms with Gasteiger partial charge in [0.05, 0.1) is 13.2 Å². The summed E-state index contributed by atoms with van der Waals surface area (Å²) in [6.07, 6.45) is 2.91. The number of anilines is 1. The van der Waals surface area contributed by atoms with Crippen LogP contribution >= 0.6 is 0 Å². The lowest BCUT2D eigenvalue weighted by molar-refractivity contribution is -0.126. The van der Waals surface area contributed by atoms with Crippen LogP contribution in [0, 0.1) is 13.8 Å². The predicted molar refractivity (Wildman–Crippen MR) is 170 cm³/mol. The number of aryl methyl sites for hydroxylation is 2. The van der Waals surface area contributed by atoms with Gasteiger partial charge in [-0.3, -0.25) is 4.79 Å². The average molecular weight is 612 g/mol. The Morgan fingerprint density at radius 2 is 1.78 bits per heavy atom. The van der Waals surface area contributed by atoms with Crippen molar-refractivity contribution in [2.45, 2.75) is 51.7 Å². The fourth-order valence-corrected chi connectivity index (χ4v) is 5.32. The number of allylic oxidation sites excluding steroid dienone is 2. The number of phenolic OH excluding ortho intramolecular Hbond substituents is 1. The van der Waals surface area contributed by atoms with Crippen molar-refractivity contribution in [1.82, 2.24) is 9.80 Å². The molecule has 0 unspecified atom stereocenters. The van der Waals surface area contributed by atoms with Crippen LogP contribution in [0.15, 0.2) is 70.0 Å². The van der Waals surface area contributed by atoms with Gasteiger partial charge in [0.2, 0.25) is 0 Å². The van der Waals surface area contributed by atoms with Gasteiger partial charge in [0, 0.05) is 49.5 Å². The molecule has 1 fully saturated rings. The molecule has 2 aliphatic heterocycles. The van der Waals surface area contributed by atoms with E-state index in [4.69, 9.17) is 9.84 Å². The average Bonchev–Trinajstić information content (AvgIpc) is 3.20. The van der Waals surface area contributed by atoms with Gasteiger partial charge in [-0.05, 0) is 85.0 Å². The van der Waals surface area contributed by atoms with Gasteiger partial charge in [-0.1, -0.05) is 30.3 Å². The molecule has 0 radical (unpaired) electrons. The van der Waals surface area contributed by atoms with Crippen LogP contribution in [0.2, 0.25) is 0 Å². The Bertz CT molecular complexity index is 1590. The van der Waals surface area contributed by atoms with Gasteiger partial charge in [-0.25, -0.2) is 14.6 Å². The van der Waals surface area contributed by atoms with Gasteiger partial charge in [0.15, 0.2) is 6.10 Å². The molecule has 0 spiro atoms. The Labute approximate surface area is 262 Å². The van der Waals surface area contributed by atoms with Crippen LogP contribution in [0.4, 0.5) is 15.3 Å². The Morgan fingerprint density at radius 3 is 2.49 bits per heavy atom. The maximum absolute atomic E-state index is 13.3. The highest BCUT2D eigenvalue weighted by Crippen LogP contribution is 2.26. The van der Waals surface area contributed by atoms with Gasteiger partial charge in [0.25, 0.3) is 5.91 Å². The lowest BCUT2D eigenvalue weighted by Gasteiger charge is -2.37. The first kappa shape index (κ1) is 32.8. The van der Waals surface area contributed by atoms with Crippen molar-refractivity contribution >= 4 is 35.5 Å². The molecule has 2 aromatic carbocycles. The number of piperidine rings is 1. The Balaban J connectivity index is 1.42. The van der Waals surface area contributed by atoms with Crippen LogP contribution in [0.5, 0.6) is 5.75 Å². The number of nitrogens with one attached hydrogen (secondary N) is 1. The van der Waals surface area contributed by atoms with Crippen molar-refractivity contribution in [2.75, 3.05) is 38.1 Å². The van der Waals surface area contributed by atoms with Crippen molar-refractivity contribution < 1.29 is 29.3 Å². The number of carbonyl (C=O) groups is 3. The number of nitrogens with zero attached hydrogens (tertiary/aromatic N) is 4. The van der Waals surface area contributed by atoms with Crippen molar-refractivity contribution in [3.63, 3.8) is 0 Å². The molecule has 11 nitrogen and oxygen atoms in total. The van der Waals surface area contributed by atoms with Crippen LogP contribution in [-0.4, -0.2) is 94.7 Å². The largest absolute Gasteiger partial charge is 0.507 e. The third-order valence-corrected chi connectivity index (χ3v) is 7.63. The van der Waals surface area contributed by atoms with Gasteiger partial charge in [-0.15, -0.1) is 0 Å². The number of amides is 4. The third-order valence-electron chi connectivity index (χ3n) is 7.63. The first-order valence-electron chi connectivity index (χ1n) is 14.8. The maximum Gasteiger partial charge on any atom is 0.410 e. The summed E-state index contributed by atoms with van der Waals surface area (Å²) >= 11 is 0. The molecular formula is C34H37N5O6. The number of aliphatic hydroxyl groups is 1. The number of hydrogen-bond acceptors (Lipinski definition) is 7. The van der Waals surface area contributed by atoms with E-state index in [9.17, 15) is 19.5 Å². The molecule has 2 aliphatic rings. The minimum Gasteiger partial charge on any atom is -0.507 e. The minimum atomic E-state index is -1.23. The van der Waals surface area contributed by atoms with Crippen LogP contribution in [0.3, 0.4) is 0 Å². The summed E-state index contributed by atoms with van der Waals surface area (Å²) in [6.45, 7) is 4.97. The topological polar surface area (TPSA) is 144 Å². The number of aromatic hydroxyl groups is 1. The fraction of sp³-hybridized carbons (Fsp3) is 0.382. The van der Waals surface area contributed by atoms with E-state index < -0.39 is 18.1 Å². The monoisotopic (exact) mass is 611 g/mol. The van der Waals surface area contributed by atoms with Crippen molar-refractivity contribution in [3.05, 3.63) is 82.3 Å². The quantitative estimate of drug-likeness (QED) is 0.235. The summed E-state index contributed by atoms with van der Waals surface area (Å²) < 4.78 is 5.71. The summed E-state index contributed by atoms with van der Waals surface area (Å²) in [6, 6.07) is 11.1. The van der Waals surface area contributed by atoms with Crippen LogP contribution in [0.1, 0.15) is 35.1 Å².